The van der Waals surface area contributed by atoms with Crippen LogP contribution in [0.25, 0.3) is 0 Å². The number of hydrogen-bond acceptors (Lipinski definition) is 3. The Hall–Kier alpha value is -2.35. The maximum absolute atomic E-state index is 12.4. The van der Waals surface area contributed by atoms with Gasteiger partial charge in [0.2, 0.25) is 5.91 Å². The average molecular weight is 272 g/mol. The lowest BCUT2D eigenvalue weighted by molar-refractivity contribution is -0.140. The smallest absolute Gasteiger partial charge is 0.307 e. The van der Waals surface area contributed by atoms with Gasteiger partial charge < -0.3 is 10.0 Å². The van der Waals surface area contributed by atoms with Crippen LogP contribution in [0, 0.1) is 28.6 Å². The quantitative estimate of drug-likeness (QED) is 0.910. The van der Waals surface area contributed by atoms with Crippen molar-refractivity contribution in [3.63, 3.8) is 0 Å². The number of carboxylic acid groups (broad SMARTS) is 1. The lowest BCUT2D eigenvalue weighted by atomic mass is 10.1. The van der Waals surface area contributed by atoms with E-state index in [1.165, 1.54) is 4.90 Å². The fourth-order valence-corrected chi connectivity index (χ4v) is 2.68. The first-order chi connectivity index (χ1) is 9.30. The maximum atomic E-state index is 12.4. The standard InChI is InChI=1S/C15H16N2O3/c1-15(2)11(12(15)14(19)20)13(18)17(3)10-6-4-5-9(7-10)8-16/h4-7,11-12H,1-3H3,(H,19,20). The van der Waals surface area contributed by atoms with Crippen molar-refractivity contribution in [1.82, 2.24) is 0 Å². The van der Waals surface area contributed by atoms with Gasteiger partial charge in [0.05, 0.1) is 23.5 Å². The molecule has 0 radical (unpaired) electrons. The van der Waals surface area contributed by atoms with Crippen molar-refractivity contribution in [2.45, 2.75) is 13.8 Å². The number of nitriles is 1. The lowest BCUT2D eigenvalue weighted by Crippen LogP contribution is -2.29. The SMILES string of the molecule is CN(C(=O)C1C(C(=O)O)C1(C)C)c1cccc(C#N)c1. The Morgan fingerprint density at radius 3 is 2.50 bits per heavy atom. The zero-order valence-electron chi connectivity index (χ0n) is 11.6. The highest BCUT2D eigenvalue weighted by Crippen LogP contribution is 2.59. The number of benzene rings is 1. The van der Waals surface area contributed by atoms with Gasteiger partial charge in [0, 0.05) is 12.7 Å². The first-order valence-electron chi connectivity index (χ1n) is 6.31. The summed E-state index contributed by atoms with van der Waals surface area (Å²) >= 11 is 0. The fourth-order valence-electron chi connectivity index (χ4n) is 2.68. The molecule has 1 saturated carbocycles. The van der Waals surface area contributed by atoms with Gasteiger partial charge in [-0.3, -0.25) is 9.59 Å². The first kappa shape index (κ1) is 14.1. The van der Waals surface area contributed by atoms with E-state index in [4.69, 9.17) is 10.4 Å². The molecule has 0 aliphatic heterocycles. The Kier molecular flexibility index (Phi) is 3.26. The maximum Gasteiger partial charge on any atom is 0.307 e. The highest BCUT2D eigenvalue weighted by molar-refractivity contribution is 6.01. The minimum Gasteiger partial charge on any atom is -0.481 e. The molecule has 0 aromatic heterocycles. The van der Waals surface area contributed by atoms with E-state index in [1.54, 1.807) is 45.2 Å². The monoisotopic (exact) mass is 272 g/mol. The van der Waals surface area contributed by atoms with Crippen LogP contribution in [-0.2, 0) is 9.59 Å². The molecule has 1 amide bonds. The number of aliphatic carboxylic acids is 1. The van der Waals surface area contributed by atoms with Gasteiger partial charge in [-0.25, -0.2) is 0 Å². The molecule has 1 aliphatic rings. The Balaban J connectivity index is 2.22. The summed E-state index contributed by atoms with van der Waals surface area (Å²) in [5.41, 5.74) is 0.539. The molecule has 0 spiro atoms. The van der Waals surface area contributed by atoms with E-state index in [0.29, 0.717) is 11.3 Å². The molecule has 0 bridgehead atoms. The number of carbonyl (C=O) groups excluding carboxylic acids is 1. The third-order valence-corrected chi connectivity index (χ3v) is 4.05. The molecule has 0 heterocycles. The van der Waals surface area contributed by atoms with Crippen LogP contribution < -0.4 is 4.90 Å². The van der Waals surface area contributed by atoms with Crippen LogP contribution in [0.2, 0.25) is 0 Å². The van der Waals surface area contributed by atoms with Crippen molar-refractivity contribution in [1.29, 1.82) is 5.26 Å². The van der Waals surface area contributed by atoms with Crippen molar-refractivity contribution in [3.05, 3.63) is 29.8 Å². The Labute approximate surface area is 117 Å². The minimum atomic E-state index is -0.937. The fraction of sp³-hybridized carbons (Fsp3) is 0.400. The van der Waals surface area contributed by atoms with Crippen molar-refractivity contribution in [3.8, 4) is 6.07 Å². The number of carbonyl (C=O) groups is 2. The summed E-state index contributed by atoms with van der Waals surface area (Å²) < 4.78 is 0. The number of rotatable bonds is 3. The zero-order chi connectivity index (χ0) is 15.1. The largest absolute Gasteiger partial charge is 0.481 e. The summed E-state index contributed by atoms with van der Waals surface area (Å²) in [6.45, 7) is 3.57. The minimum absolute atomic E-state index is 0.225. The molecule has 1 aromatic carbocycles. The Morgan fingerprint density at radius 2 is 2.00 bits per heavy atom. The summed E-state index contributed by atoms with van der Waals surface area (Å²) in [4.78, 5) is 25.0. The normalized spacial score (nSPS) is 22.7. The lowest BCUT2D eigenvalue weighted by Gasteiger charge is -2.18. The van der Waals surface area contributed by atoms with E-state index in [2.05, 4.69) is 0 Å². The summed E-state index contributed by atoms with van der Waals surface area (Å²) in [7, 11) is 1.60. The molecular formula is C15H16N2O3. The number of nitrogens with zero attached hydrogens (tertiary/aromatic N) is 2. The van der Waals surface area contributed by atoms with Gasteiger partial charge in [0.1, 0.15) is 0 Å². The van der Waals surface area contributed by atoms with E-state index in [1.807, 2.05) is 6.07 Å². The summed E-state index contributed by atoms with van der Waals surface area (Å²) in [5, 5.41) is 18.0. The molecule has 104 valence electrons. The highest BCUT2D eigenvalue weighted by Gasteiger charge is 2.66. The van der Waals surface area contributed by atoms with Crippen molar-refractivity contribution in [2.75, 3.05) is 11.9 Å². The van der Waals surface area contributed by atoms with Crippen LogP contribution in [0.1, 0.15) is 19.4 Å². The number of hydrogen-bond donors (Lipinski definition) is 1. The van der Waals surface area contributed by atoms with E-state index in [-0.39, 0.29) is 5.91 Å². The molecule has 2 rings (SSSR count). The second-order valence-electron chi connectivity index (χ2n) is 5.67. The molecule has 5 heteroatoms. The van der Waals surface area contributed by atoms with Crippen LogP contribution in [0.3, 0.4) is 0 Å². The van der Waals surface area contributed by atoms with Crippen LogP contribution >= 0.6 is 0 Å². The third kappa shape index (κ3) is 2.14. The van der Waals surface area contributed by atoms with Gasteiger partial charge in [-0.1, -0.05) is 19.9 Å². The van der Waals surface area contributed by atoms with E-state index in [0.717, 1.165) is 0 Å². The predicted molar refractivity (Wildman–Crippen MR) is 73.0 cm³/mol. The number of anilines is 1. The summed E-state index contributed by atoms with van der Waals surface area (Å²) in [6.07, 6.45) is 0. The van der Waals surface area contributed by atoms with Gasteiger partial charge in [0.15, 0.2) is 0 Å². The zero-order valence-corrected chi connectivity index (χ0v) is 11.6. The Bertz CT molecular complexity index is 616. The highest BCUT2D eigenvalue weighted by atomic mass is 16.4. The molecule has 1 aliphatic carbocycles. The summed E-state index contributed by atoms with van der Waals surface area (Å²) in [6, 6.07) is 8.71. The molecule has 2 atom stereocenters. The molecule has 1 N–H and O–H groups in total. The van der Waals surface area contributed by atoms with Crippen LogP contribution in [0.5, 0.6) is 0 Å². The third-order valence-electron chi connectivity index (χ3n) is 4.05. The Morgan fingerprint density at radius 1 is 1.35 bits per heavy atom. The van der Waals surface area contributed by atoms with Crippen molar-refractivity contribution < 1.29 is 14.7 Å². The molecule has 1 aromatic rings. The first-order valence-corrected chi connectivity index (χ1v) is 6.31. The van der Waals surface area contributed by atoms with Gasteiger partial charge in [-0.05, 0) is 23.6 Å². The molecular weight excluding hydrogens is 256 g/mol. The number of carboxylic acids is 1. The van der Waals surface area contributed by atoms with Crippen LogP contribution in [-0.4, -0.2) is 24.0 Å². The van der Waals surface area contributed by atoms with E-state index >= 15 is 0 Å². The van der Waals surface area contributed by atoms with Crippen molar-refractivity contribution >= 4 is 17.6 Å². The van der Waals surface area contributed by atoms with Gasteiger partial charge in [-0.15, -0.1) is 0 Å². The average Bonchev–Trinajstić information content (AvgIpc) is 3.00. The molecule has 0 saturated heterocycles. The van der Waals surface area contributed by atoms with Gasteiger partial charge in [-0.2, -0.15) is 5.26 Å². The van der Waals surface area contributed by atoms with E-state index in [9.17, 15) is 9.59 Å². The van der Waals surface area contributed by atoms with E-state index < -0.39 is 23.2 Å². The second-order valence-corrected chi connectivity index (χ2v) is 5.67. The number of amides is 1. The topological polar surface area (TPSA) is 81.4 Å². The van der Waals surface area contributed by atoms with Gasteiger partial charge >= 0.3 is 5.97 Å². The van der Waals surface area contributed by atoms with Gasteiger partial charge in [0.25, 0.3) is 0 Å². The predicted octanol–water partition coefficient (Wildman–Crippen LogP) is 1.88. The van der Waals surface area contributed by atoms with Crippen LogP contribution in [0.15, 0.2) is 24.3 Å². The molecule has 5 nitrogen and oxygen atoms in total. The molecule has 1 fully saturated rings. The van der Waals surface area contributed by atoms with Crippen molar-refractivity contribution in [2.24, 2.45) is 17.3 Å². The van der Waals surface area contributed by atoms with Crippen LogP contribution in [0.4, 0.5) is 5.69 Å². The second kappa shape index (κ2) is 4.64. The molecule has 2 unspecified atom stereocenters. The molecule has 20 heavy (non-hydrogen) atoms. The summed E-state index contributed by atoms with van der Waals surface area (Å²) in [5.74, 6) is -2.32.